The molecular formula is C14H16ClN3O. The molecule has 0 bridgehead atoms. The average Bonchev–Trinajstić information content (AvgIpc) is 3.07. The van der Waals surface area contributed by atoms with Gasteiger partial charge in [0.1, 0.15) is 6.61 Å². The maximum atomic E-state index is 6.32. The third-order valence-electron chi connectivity index (χ3n) is 3.32. The number of halogens is 1. The summed E-state index contributed by atoms with van der Waals surface area (Å²) in [5.74, 6) is 0.650. The SMILES string of the molecule is Clc1c(OCc2ccccc2)cnn1C1CCNC1. The second-order valence-electron chi connectivity index (χ2n) is 4.67. The van der Waals surface area contributed by atoms with E-state index < -0.39 is 0 Å². The third kappa shape index (κ3) is 2.74. The molecule has 1 atom stereocenters. The first-order valence-electron chi connectivity index (χ1n) is 6.45. The largest absolute Gasteiger partial charge is 0.484 e. The second-order valence-corrected chi connectivity index (χ2v) is 5.02. The van der Waals surface area contributed by atoms with E-state index in [0.717, 1.165) is 25.1 Å². The summed E-state index contributed by atoms with van der Waals surface area (Å²) >= 11 is 6.32. The van der Waals surface area contributed by atoms with Crippen molar-refractivity contribution in [3.63, 3.8) is 0 Å². The Morgan fingerprint density at radius 1 is 1.37 bits per heavy atom. The van der Waals surface area contributed by atoms with Crippen LogP contribution < -0.4 is 10.1 Å². The van der Waals surface area contributed by atoms with Crippen molar-refractivity contribution >= 4 is 11.6 Å². The van der Waals surface area contributed by atoms with E-state index in [0.29, 0.717) is 23.6 Å². The second kappa shape index (κ2) is 5.63. The molecule has 0 aliphatic carbocycles. The van der Waals surface area contributed by atoms with Crippen molar-refractivity contribution in [1.29, 1.82) is 0 Å². The first-order valence-corrected chi connectivity index (χ1v) is 6.83. The van der Waals surface area contributed by atoms with E-state index >= 15 is 0 Å². The summed E-state index contributed by atoms with van der Waals surface area (Å²) in [6.45, 7) is 2.44. The molecule has 1 aliphatic rings. The highest BCUT2D eigenvalue weighted by molar-refractivity contribution is 6.31. The van der Waals surface area contributed by atoms with Crippen LogP contribution in [0.15, 0.2) is 36.5 Å². The van der Waals surface area contributed by atoms with Gasteiger partial charge in [-0.25, -0.2) is 4.68 Å². The number of aromatic nitrogens is 2. The molecule has 3 rings (SSSR count). The van der Waals surface area contributed by atoms with Crippen LogP contribution in [0.1, 0.15) is 18.0 Å². The Hall–Kier alpha value is -1.52. The third-order valence-corrected chi connectivity index (χ3v) is 3.68. The number of nitrogens with zero attached hydrogens (tertiary/aromatic N) is 2. The minimum absolute atomic E-state index is 0.335. The first-order chi connectivity index (χ1) is 9.34. The Morgan fingerprint density at radius 3 is 2.95 bits per heavy atom. The summed E-state index contributed by atoms with van der Waals surface area (Å²) in [7, 11) is 0. The number of rotatable bonds is 4. The van der Waals surface area contributed by atoms with Crippen LogP contribution in [-0.2, 0) is 6.61 Å². The van der Waals surface area contributed by atoms with Crippen LogP contribution in [0, 0.1) is 0 Å². The van der Waals surface area contributed by atoms with Crippen LogP contribution in [0.3, 0.4) is 0 Å². The van der Waals surface area contributed by atoms with E-state index in [9.17, 15) is 0 Å². The molecule has 1 saturated heterocycles. The maximum absolute atomic E-state index is 6.32. The topological polar surface area (TPSA) is 39.1 Å². The normalized spacial score (nSPS) is 18.7. The highest BCUT2D eigenvalue weighted by Gasteiger charge is 2.21. The van der Waals surface area contributed by atoms with Gasteiger partial charge in [-0.15, -0.1) is 0 Å². The van der Waals surface area contributed by atoms with Crippen molar-refractivity contribution in [2.24, 2.45) is 0 Å². The number of benzene rings is 1. The standard InChI is InChI=1S/C14H16ClN3O/c15-14-13(19-10-11-4-2-1-3-5-11)9-17-18(14)12-6-7-16-8-12/h1-5,9,12,16H,6-8,10H2. The lowest BCUT2D eigenvalue weighted by Crippen LogP contribution is -2.14. The lowest BCUT2D eigenvalue weighted by Gasteiger charge is -2.10. The molecule has 1 aliphatic heterocycles. The smallest absolute Gasteiger partial charge is 0.176 e. The van der Waals surface area contributed by atoms with Gasteiger partial charge < -0.3 is 10.1 Å². The summed E-state index contributed by atoms with van der Waals surface area (Å²) in [5.41, 5.74) is 1.12. The minimum Gasteiger partial charge on any atom is -0.484 e. The van der Waals surface area contributed by atoms with Gasteiger partial charge in [-0.3, -0.25) is 0 Å². The molecule has 0 saturated carbocycles. The van der Waals surface area contributed by atoms with Gasteiger partial charge in [0.05, 0.1) is 12.2 Å². The lowest BCUT2D eigenvalue weighted by atomic mass is 10.2. The van der Waals surface area contributed by atoms with E-state index in [2.05, 4.69) is 10.4 Å². The quantitative estimate of drug-likeness (QED) is 0.934. The van der Waals surface area contributed by atoms with Crippen LogP contribution in [-0.4, -0.2) is 22.9 Å². The van der Waals surface area contributed by atoms with Crippen LogP contribution in [0.2, 0.25) is 5.15 Å². The first kappa shape index (κ1) is 12.5. The molecule has 0 spiro atoms. The van der Waals surface area contributed by atoms with Gasteiger partial charge in [-0.1, -0.05) is 41.9 Å². The van der Waals surface area contributed by atoms with E-state index in [4.69, 9.17) is 16.3 Å². The Balaban J connectivity index is 1.68. The Kier molecular flexibility index (Phi) is 3.71. The Labute approximate surface area is 117 Å². The maximum Gasteiger partial charge on any atom is 0.176 e. The molecule has 1 fully saturated rings. The molecule has 1 unspecified atom stereocenters. The molecule has 100 valence electrons. The highest BCUT2D eigenvalue weighted by Crippen LogP contribution is 2.29. The van der Waals surface area contributed by atoms with Crippen molar-refractivity contribution in [3.05, 3.63) is 47.2 Å². The fourth-order valence-corrected chi connectivity index (χ4v) is 2.55. The minimum atomic E-state index is 0.335. The molecule has 2 heterocycles. The predicted octanol–water partition coefficient (Wildman–Crippen LogP) is 2.65. The molecule has 1 aromatic heterocycles. The van der Waals surface area contributed by atoms with Crippen molar-refractivity contribution in [2.75, 3.05) is 13.1 Å². The van der Waals surface area contributed by atoms with E-state index in [1.54, 1.807) is 6.20 Å². The molecule has 19 heavy (non-hydrogen) atoms. The molecule has 4 nitrogen and oxygen atoms in total. The zero-order chi connectivity index (χ0) is 13.1. The molecular weight excluding hydrogens is 262 g/mol. The summed E-state index contributed by atoms with van der Waals surface area (Å²) in [5, 5.41) is 8.22. The zero-order valence-corrected chi connectivity index (χ0v) is 11.3. The number of hydrogen-bond donors (Lipinski definition) is 1. The molecule has 2 aromatic rings. The highest BCUT2D eigenvalue weighted by atomic mass is 35.5. The van der Waals surface area contributed by atoms with Gasteiger partial charge in [-0.05, 0) is 18.5 Å². The molecule has 1 aromatic carbocycles. The van der Waals surface area contributed by atoms with E-state index in [-0.39, 0.29) is 0 Å². The van der Waals surface area contributed by atoms with Crippen molar-refractivity contribution < 1.29 is 4.74 Å². The van der Waals surface area contributed by atoms with Crippen LogP contribution in [0.5, 0.6) is 5.75 Å². The van der Waals surface area contributed by atoms with E-state index in [1.807, 2.05) is 35.0 Å². The Bertz CT molecular complexity index is 535. The lowest BCUT2D eigenvalue weighted by molar-refractivity contribution is 0.305. The molecule has 5 heteroatoms. The molecule has 1 N–H and O–H groups in total. The summed E-state index contributed by atoms with van der Waals surface area (Å²) < 4.78 is 7.58. The van der Waals surface area contributed by atoms with Crippen molar-refractivity contribution in [3.8, 4) is 5.75 Å². The summed E-state index contributed by atoms with van der Waals surface area (Å²) in [4.78, 5) is 0. The predicted molar refractivity (Wildman–Crippen MR) is 74.5 cm³/mol. The zero-order valence-electron chi connectivity index (χ0n) is 10.6. The fourth-order valence-electron chi connectivity index (χ4n) is 2.27. The van der Waals surface area contributed by atoms with Gasteiger partial charge in [0.25, 0.3) is 0 Å². The average molecular weight is 278 g/mol. The summed E-state index contributed by atoms with van der Waals surface area (Å²) in [6, 6.07) is 10.4. The summed E-state index contributed by atoms with van der Waals surface area (Å²) in [6.07, 6.45) is 2.75. The Morgan fingerprint density at radius 2 is 2.21 bits per heavy atom. The number of hydrogen-bond acceptors (Lipinski definition) is 3. The monoisotopic (exact) mass is 277 g/mol. The van der Waals surface area contributed by atoms with Crippen LogP contribution in [0.25, 0.3) is 0 Å². The van der Waals surface area contributed by atoms with Gasteiger partial charge >= 0.3 is 0 Å². The van der Waals surface area contributed by atoms with Gasteiger partial charge in [-0.2, -0.15) is 5.10 Å². The van der Waals surface area contributed by atoms with Gasteiger partial charge in [0, 0.05) is 6.54 Å². The van der Waals surface area contributed by atoms with Crippen LogP contribution in [0.4, 0.5) is 0 Å². The van der Waals surface area contributed by atoms with Crippen LogP contribution >= 0.6 is 11.6 Å². The van der Waals surface area contributed by atoms with E-state index in [1.165, 1.54) is 0 Å². The molecule has 0 amide bonds. The van der Waals surface area contributed by atoms with Crippen molar-refractivity contribution in [2.45, 2.75) is 19.1 Å². The molecule has 0 radical (unpaired) electrons. The van der Waals surface area contributed by atoms with Gasteiger partial charge in [0.15, 0.2) is 10.9 Å². The fraction of sp³-hybridized carbons (Fsp3) is 0.357. The number of ether oxygens (including phenoxy) is 1. The van der Waals surface area contributed by atoms with Crippen molar-refractivity contribution in [1.82, 2.24) is 15.1 Å². The number of nitrogens with one attached hydrogen (secondary N) is 1. The van der Waals surface area contributed by atoms with Gasteiger partial charge in [0.2, 0.25) is 0 Å².